The third-order valence-electron chi connectivity index (χ3n) is 4.71. The number of ether oxygens (including phenoxy) is 1. The molecule has 142 valence electrons. The van der Waals surface area contributed by atoms with Crippen molar-refractivity contribution in [2.24, 2.45) is 0 Å². The average molecular weight is 470 g/mol. The van der Waals surface area contributed by atoms with Crippen LogP contribution >= 0.6 is 39.1 Å². The second-order valence-corrected chi connectivity index (χ2v) is 8.24. The molecule has 1 heterocycles. The van der Waals surface area contributed by atoms with Crippen molar-refractivity contribution in [2.75, 3.05) is 0 Å². The summed E-state index contributed by atoms with van der Waals surface area (Å²) in [6.07, 6.45) is 2.51. The number of alkyl halides is 1. The molecule has 0 radical (unpaired) electrons. The highest BCUT2D eigenvalue weighted by Gasteiger charge is 2.43. The van der Waals surface area contributed by atoms with E-state index in [9.17, 15) is 4.79 Å². The lowest BCUT2D eigenvalue weighted by Gasteiger charge is -2.38. The number of hydrogen-bond acceptors (Lipinski definition) is 3. The maximum Gasteiger partial charge on any atom is 0.426 e. The van der Waals surface area contributed by atoms with E-state index in [1.165, 1.54) is 0 Å². The van der Waals surface area contributed by atoms with Gasteiger partial charge in [-0.05, 0) is 43.7 Å². The minimum absolute atomic E-state index is 0.319. The topological polar surface area (TPSA) is 41.6 Å². The van der Waals surface area contributed by atoms with E-state index in [-0.39, 0.29) is 5.38 Å². The Hall–Kier alpha value is -1.69. The fraction of sp³-hybridized carbons (Fsp3) is 0.250. The molecular weight excluding hydrogens is 451 g/mol. The van der Waals surface area contributed by atoms with Gasteiger partial charge in [0.05, 0.1) is 5.38 Å². The zero-order chi connectivity index (χ0) is 19.6. The molecule has 1 N–H and O–H groups in total. The van der Waals surface area contributed by atoms with Crippen LogP contribution in [0, 0.1) is 0 Å². The van der Waals surface area contributed by atoms with Gasteiger partial charge in [0.1, 0.15) is 11.6 Å². The number of nitrogens with zero attached hydrogens (tertiary/aromatic N) is 1. The Morgan fingerprint density at radius 3 is 2.59 bits per heavy atom. The van der Waals surface area contributed by atoms with Crippen LogP contribution in [0.15, 0.2) is 65.3 Å². The lowest BCUT2D eigenvalue weighted by Crippen LogP contribution is -2.52. The Labute approximate surface area is 177 Å². The van der Waals surface area contributed by atoms with Crippen LogP contribution in [-0.4, -0.2) is 16.5 Å². The van der Waals surface area contributed by atoms with Crippen LogP contribution in [0.4, 0.5) is 4.79 Å². The van der Waals surface area contributed by atoms with Gasteiger partial charge in [-0.3, -0.25) is 5.01 Å². The first-order valence-electron chi connectivity index (χ1n) is 8.42. The first-order chi connectivity index (χ1) is 12.8. The zero-order valence-electron chi connectivity index (χ0n) is 14.8. The highest BCUT2D eigenvalue weighted by Crippen LogP contribution is 2.39. The van der Waals surface area contributed by atoms with Crippen LogP contribution in [-0.2, 0) is 10.3 Å². The molecule has 0 saturated carbocycles. The van der Waals surface area contributed by atoms with E-state index in [4.69, 9.17) is 27.9 Å². The first-order valence-corrected chi connectivity index (χ1v) is 10.0. The zero-order valence-corrected chi connectivity index (χ0v) is 17.9. The SMILES string of the molecule is CC(OC(=O)NN1C=CC(Cl)C1(C)c1ccc(Br)cc1)c1ccccc1Cl. The fourth-order valence-corrected chi connectivity index (χ4v) is 3.88. The summed E-state index contributed by atoms with van der Waals surface area (Å²) in [6, 6.07) is 15.1. The molecule has 27 heavy (non-hydrogen) atoms. The van der Waals surface area contributed by atoms with Crippen molar-refractivity contribution >= 4 is 45.2 Å². The van der Waals surface area contributed by atoms with Gasteiger partial charge >= 0.3 is 6.09 Å². The summed E-state index contributed by atoms with van der Waals surface area (Å²) in [5.74, 6) is 0. The number of rotatable bonds is 4. The molecule has 1 amide bonds. The summed E-state index contributed by atoms with van der Waals surface area (Å²) in [5.41, 5.74) is 3.85. The molecule has 4 nitrogen and oxygen atoms in total. The molecule has 1 aliphatic rings. The molecule has 2 aromatic rings. The summed E-state index contributed by atoms with van der Waals surface area (Å²) >= 11 is 16.2. The maximum atomic E-state index is 12.5. The largest absolute Gasteiger partial charge is 0.440 e. The van der Waals surface area contributed by atoms with Crippen LogP contribution < -0.4 is 5.43 Å². The molecule has 2 aromatic carbocycles. The number of hydrazine groups is 1. The quantitative estimate of drug-likeness (QED) is 0.545. The van der Waals surface area contributed by atoms with Crippen molar-refractivity contribution in [3.8, 4) is 0 Å². The maximum absolute atomic E-state index is 12.5. The highest BCUT2D eigenvalue weighted by molar-refractivity contribution is 9.10. The highest BCUT2D eigenvalue weighted by atomic mass is 79.9. The van der Waals surface area contributed by atoms with E-state index in [1.54, 1.807) is 24.2 Å². The van der Waals surface area contributed by atoms with E-state index in [1.807, 2.05) is 55.5 Å². The summed E-state index contributed by atoms with van der Waals surface area (Å²) in [5, 5.41) is 1.91. The van der Waals surface area contributed by atoms with Crippen molar-refractivity contribution in [1.82, 2.24) is 10.4 Å². The second-order valence-electron chi connectivity index (χ2n) is 6.45. The minimum atomic E-state index is -0.644. The Balaban J connectivity index is 1.73. The summed E-state index contributed by atoms with van der Waals surface area (Å²) in [4.78, 5) is 12.5. The number of carbonyl (C=O) groups is 1. The molecule has 0 fully saturated rings. The Morgan fingerprint density at radius 2 is 1.93 bits per heavy atom. The standard InChI is InChI=1S/C20H19BrCl2N2O2/c1-13(16-5-3-4-6-17(16)22)27-19(26)24-25-12-11-18(23)20(25,2)14-7-9-15(21)10-8-14/h3-13,18H,1-2H3,(H,24,26). The van der Waals surface area contributed by atoms with Gasteiger partial charge in [-0.25, -0.2) is 10.2 Å². The molecule has 3 atom stereocenters. The number of halogens is 3. The number of amides is 1. The summed E-state index contributed by atoms with van der Waals surface area (Å²) < 4.78 is 6.47. The predicted molar refractivity (Wildman–Crippen MR) is 112 cm³/mol. The van der Waals surface area contributed by atoms with Gasteiger partial charge < -0.3 is 4.74 Å². The first kappa shape index (κ1) is 20.1. The monoisotopic (exact) mass is 468 g/mol. The van der Waals surface area contributed by atoms with Crippen LogP contribution in [0.3, 0.4) is 0 Å². The van der Waals surface area contributed by atoms with Crippen molar-refractivity contribution < 1.29 is 9.53 Å². The van der Waals surface area contributed by atoms with Crippen LogP contribution in [0.5, 0.6) is 0 Å². The third kappa shape index (κ3) is 4.10. The van der Waals surface area contributed by atoms with Crippen LogP contribution in [0.25, 0.3) is 0 Å². The van der Waals surface area contributed by atoms with E-state index in [0.717, 1.165) is 15.6 Å². The average Bonchev–Trinajstić information content (AvgIpc) is 2.91. The molecule has 0 saturated heterocycles. The molecule has 0 aromatic heterocycles. The number of nitrogens with one attached hydrogen (secondary N) is 1. The van der Waals surface area contributed by atoms with Gasteiger partial charge in [0.15, 0.2) is 0 Å². The fourth-order valence-electron chi connectivity index (χ4n) is 3.03. The van der Waals surface area contributed by atoms with Gasteiger partial charge in [-0.1, -0.05) is 57.9 Å². The third-order valence-corrected chi connectivity index (χ3v) is 6.15. The molecule has 3 unspecified atom stereocenters. The molecule has 0 aliphatic carbocycles. The predicted octanol–water partition coefficient (Wildman–Crippen LogP) is 6.16. The smallest absolute Gasteiger partial charge is 0.426 e. The van der Waals surface area contributed by atoms with E-state index >= 15 is 0 Å². The molecule has 0 spiro atoms. The molecule has 7 heteroatoms. The summed E-state index contributed by atoms with van der Waals surface area (Å²) in [6.45, 7) is 3.74. The normalized spacial score (nSPS) is 22.6. The van der Waals surface area contributed by atoms with E-state index in [0.29, 0.717) is 5.02 Å². The van der Waals surface area contributed by atoms with Crippen molar-refractivity contribution in [1.29, 1.82) is 0 Å². The lowest BCUT2D eigenvalue weighted by molar-refractivity contribution is 0.0619. The second kappa shape index (κ2) is 8.13. The lowest BCUT2D eigenvalue weighted by atomic mass is 9.90. The molecule has 0 bridgehead atoms. The van der Waals surface area contributed by atoms with Crippen LogP contribution in [0.1, 0.15) is 31.1 Å². The van der Waals surface area contributed by atoms with E-state index < -0.39 is 17.7 Å². The van der Waals surface area contributed by atoms with Crippen LogP contribution in [0.2, 0.25) is 5.02 Å². The van der Waals surface area contributed by atoms with Crippen molar-refractivity contribution in [3.63, 3.8) is 0 Å². The Bertz CT molecular complexity index is 859. The van der Waals surface area contributed by atoms with E-state index in [2.05, 4.69) is 21.4 Å². The molecule has 3 rings (SSSR count). The molecular formula is C20H19BrCl2N2O2. The summed E-state index contributed by atoms with van der Waals surface area (Å²) in [7, 11) is 0. The van der Waals surface area contributed by atoms with Gasteiger partial charge in [0, 0.05) is 21.3 Å². The number of carbonyl (C=O) groups excluding carboxylic acids is 1. The van der Waals surface area contributed by atoms with Crippen molar-refractivity contribution in [3.05, 3.63) is 81.4 Å². The molecule has 1 aliphatic heterocycles. The van der Waals surface area contributed by atoms with Gasteiger partial charge in [-0.15, -0.1) is 11.6 Å². The Morgan fingerprint density at radius 1 is 1.26 bits per heavy atom. The Kier molecular flexibility index (Phi) is 6.04. The number of hydrogen-bond donors (Lipinski definition) is 1. The number of benzene rings is 2. The van der Waals surface area contributed by atoms with Gasteiger partial charge in [0.25, 0.3) is 0 Å². The van der Waals surface area contributed by atoms with Gasteiger partial charge in [0.2, 0.25) is 0 Å². The van der Waals surface area contributed by atoms with Gasteiger partial charge in [-0.2, -0.15) is 0 Å². The van der Waals surface area contributed by atoms with Crippen molar-refractivity contribution in [2.45, 2.75) is 30.9 Å². The minimum Gasteiger partial charge on any atom is -0.440 e.